The summed E-state index contributed by atoms with van der Waals surface area (Å²) in [5.41, 5.74) is 2.42. The van der Waals surface area contributed by atoms with E-state index in [1.807, 2.05) is 13.8 Å². The first-order valence-electron chi connectivity index (χ1n) is 11.5. The Bertz CT molecular complexity index is 901. The first-order valence-corrected chi connectivity index (χ1v) is 11.5. The molecule has 4 nitrogen and oxygen atoms in total. The highest BCUT2D eigenvalue weighted by Gasteiger charge is 2.41. The first-order chi connectivity index (χ1) is 13.9. The summed E-state index contributed by atoms with van der Waals surface area (Å²) in [7, 11) is 0. The fraction of sp³-hybridized carbons (Fsp3) is 0.680. The topological polar surface area (TPSA) is 61.8 Å². The van der Waals surface area contributed by atoms with Crippen LogP contribution in [-0.4, -0.2) is 20.5 Å². The average molecular weight is 394 g/mol. The Morgan fingerprint density at radius 2 is 1.86 bits per heavy atom. The van der Waals surface area contributed by atoms with Crippen LogP contribution in [0.25, 0.3) is 10.9 Å². The van der Waals surface area contributed by atoms with Crippen molar-refractivity contribution in [2.45, 2.75) is 102 Å². The lowest BCUT2D eigenvalue weighted by atomic mass is 9.64. The Kier molecular flexibility index (Phi) is 5.46. The van der Waals surface area contributed by atoms with Gasteiger partial charge in [-0.25, -0.2) is 0 Å². The number of nitriles is 1. The Hall–Kier alpha value is -1.86. The second kappa shape index (κ2) is 7.76. The van der Waals surface area contributed by atoms with Crippen LogP contribution in [0.15, 0.2) is 18.2 Å². The van der Waals surface area contributed by atoms with Crippen molar-refractivity contribution in [2.75, 3.05) is 0 Å². The molecule has 1 aromatic heterocycles. The summed E-state index contributed by atoms with van der Waals surface area (Å²) in [6, 6.07) is 9.81. The number of nitrogens with zero attached hydrogens (tertiary/aromatic N) is 3. The van der Waals surface area contributed by atoms with Crippen LogP contribution in [0.4, 0.5) is 0 Å². The molecule has 0 bridgehead atoms. The zero-order valence-corrected chi connectivity index (χ0v) is 18.2. The summed E-state index contributed by atoms with van der Waals surface area (Å²) in [5, 5.41) is 26.9. The van der Waals surface area contributed by atoms with Gasteiger partial charge in [-0.05, 0) is 76.3 Å². The number of aliphatic hydroxyl groups is 1. The van der Waals surface area contributed by atoms with Crippen molar-refractivity contribution in [1.82, 2.24) is 9.78 Å². The van der Waals surface area contributed by atoms with Gasteiger partial charge in [-0.15, -0.1) is 0 Å². The minimum Gasteiger partial charge on any atom is -0.390 e. The van der Waals surface area contributed by atoms with Gasteiger partial charge in [0, 0.05) is 5.39 Å². The van der Waals surface area contributed by atoms with Crippen LogP contribution in [0.5, 0.6) is 0 Å². The second-order valence-corrected chi connectivity index (χ2v) is 9.89. The lowest BCUT2D eigenvalue weighted by Gasteiger charge is -2.40. The molecule has 1 aromatic carbocycles. The van der Waals surface area contributed by atoms with E-state index >= 15 is 0 Å². The van der Waals surface area contributed by atoms with Crippen molar-refractivity contribution in [1.29, 1.82) is 5.26 Å². The maximum absolute atomic E-state index is 10.4. The Labute approximate surface area is 174 Å². The highest BCUT2D eigenvalue weighted by atomic mass is 16.3. The van der Waals surface area contributed by atoms with Crippen LogP contribution in [0, 0.1) is 17.2 Å². The van der Waals surface area contributed by atoms with Crippen molar-refractivity contribution >= 4 is 10.9 Å². The van der Waals surface area contributed by atoms with Gasteiger partial charge < -0.3 is 5.11 Å². The van der Waals surface area contributed by atoms with Gasteiger partial charge in [0.1, 0.15) is 0 Å². The molecule has 0 unspecified atom stereocenters. The quantitative estimate of drug-likeness (QED) is 0.711. The highest BCUT2D eigenvalue weighted by molar-refractivity contribution is 5.83. The van der Waals surface area contributed by atoms with Crippen molar-refractivity contribution in [3.63, 3.8) is 0 Å². The zero-order chi connectivity index (χ0) is 20.6. The number of rotatable bonds is 4. The molecular weight excluding hydrogens is 358 g/mol. The molecule has 4 rings (SSSR count). The molecule has 0 spiro atoms. The van der Waals surface area contributed by atoms with E-state index in [0.29, 0.717) is 6.04 Å². The first kappa shape index (κ1) is 20.4. The van der Waals surface area contributed by atoms with Crippen LogP contribution >= 0.6 is 0 Å². The van der Waals surface area contributed by atoms with Crippen molar-refractivity contribution < 1.29 is 5.11 Å². The molecule has 0 aliphatic heterocycles. The minimum absolute atomic E-state index is 0.271. The van der Waals surface area contributed by atoms with E-state index in [1.54, 1.807) is 0 Å². The number of aromatic nitrogens is 2. The van der Waals surface area contributed by atoms with Crippen LogP contribution in [0.1, 0.15) is 95.9 Å². The average Bonchev–Trinajstić information content (AvgIpc) is 3.12. The maximum atomic E-state index is 10.4. The fourth-order valence-corrected chi connectivity index (χ4v) is 5.65. The molecule has 1 heterocycles. The van der Waals surface area contributed by atoms with Gasteiger partial charge in [0.05, 0.1) is 34.3 Å². The van der Waals surface area contributed by atoms with E-state index in [4.69, 9.17) is 5.10 Å². The lowest BCUT2D eigenvalue weighted by Crippen LogP contribution is -2.39. The summed E-state index contributed by atoms with van der Waals surface area (Å²) in [6.45, 7) is 5.98. The van der Waals surface area contributed by atoms with E-state index in [1.165, 1.54) is 48.7 Å². The zero-order valence-electron chi connectivity index (χ0n) is 18.2. The molecule has 2 aliphatic carbocycles. The third kappa shape index (κ3) is 3.70. The largest absolute Gasteiger partial charge is 0.390 e. The van der Waals surface area contributed by atoms with E-state index < -0.39 is 11.0 Å². The smallest absolute Gasteiger partial charge is 0.0823 e. The molecule has 29 heavy (non-hydrogen) atoms. The fourth-order valence-electron chi connectivity index (χ4n) is 5.65. The summed E-state index contributed by atoms with van der Waals surface area (Å²) >= 11 is 0. The van der Waals surface area contributed by atoms with E-state index in [2.05, 4.69) is 35.9 Å². The lowest BCUT2D eigenvalue weighted by molar-refractivity contribution is -0.00558. The number of benzene rings is 1. The molecule has 0 saturated heterocycles. The third-order valence-electron chi connectivity index (χ3n) is 7.64. The molecule has 2 aromatic rings. The van der Waals surface area contributed by atoms with Gasteiger partial charge in [-0.2, -0.15) is 10.4 Å². The van der Waals surface area contributed by atoms with Crippen LogP contribution in [0.3, 0.4) is 0 Å². The van der Waals surface area contributed by atoms with Crippen molar-refractivity contribution in [3.8, 4) is 6.07 Å². The molecule has 0 amide bonds. The van der Waals surface area contributed by atoms with E-state index in [-0.39, 0.29) is 5.92 Å². The normalized spacial score (nSPS) is 26.5. The number of hydrogen-bond donors (Lipinski definition) is 1. The minimum atomic E-state index is -0.665. The molecular formula is C25H35N3O. The number of aryl methyl sites for hydroxylation is 1. The van der Waals surface area contributed by atoms with Gasteiger partial charge in [0.15, 0.2) is 0 Å². The summed E-state index contributed by atoms with van der Waals surface area (Å²) < 4.78 is 2.28. The molecule has 0 radical (unpaired) electrons. The summed E-state index contributed by atoms with van der Waals surface area (Å²) in [6.07, 6.45) is 10.7. The Morgan fingerprint density at radius 3 is 2.45 bits per heavy atom. The van der Waals surface area contributed by atoms with Gasteiger partial charge in [0.2, 0.25) is 0 Å². The molecule has 2 fully saturated rings. The molecule has 156 valence electrons. The second-order valence-electron chi connectivity index (χ2n) is 9.89. The van der Waals surface area contributed by atoms with Crippen molar-refractivity contribution in [2.24, 2.45) is 5.92 Å². The van der Waals surface area contributed by atoms with Crippen LogP contribution in [0.2, 0.25) is 0 Å². The predicted molar refractivity (Wildman–Crippen MR) is 117 cm³/mol. The van der Waals surface area contributed by atoms with Crippen molar-refractivity contribution in [3.05, 3.63) is 29.5 Å². The Balaban J connectivity index is 1.71. The number of fused-ring (bicyclic) bond motifs is 1. The maximum Gasteiger partial charge on any atom is 0.0823 e. The molecule has 2 saturated carbocycles. The molecule has 2 aliphatic rings. The van der Waals surface area contributed by atoms with Gasteiger partial charge in [-0.1, -0.05) is 38.3 Å². The molecule has 0 atom stereocenters. The summed E-state index contributed by atoms with van der Waals surface area (Å²) in [4.78, 5) is 0. The predicted octanol–water partition coefficient (Wildman–Crippen LogP) is 5.83. The third-order valence-corrected chi connectivity index (χ3v) is 7.64. The van der Waals surface area contributed by atoms with Crippen LogP contribution < -0.4 is 0 Å². The van der Waals surface area contributed by atoms with Gasteiger partial charge in [-0.3, -0.25) is 4.68 Å². The van der Waals surface area contributed by atoms with E-state index in [0.717, 1.165) is 37.7 Å². The SMILES string of the molecule is CCc1nn(C2CCCCC2)c2cc(C3(C#N)CCC(C(C)(C)O)CC3)ccc12. The highest BCUT2D eigenvalue weighted by Crippen LogP contribution is 2.45. The van der Waals surface area contributed by atoms with Gasteiger partial charge in [0.25, 0.3) is 0 Å². The monoisotopic (exact) mass is 393 g/mol. The Morgan fingerprint density at radius 1 is 1.17 bits per heavy atom. The number of hydrogen-bond acceptors (Lipinski definition) is 3. The van der Waals surface area contributed by atoms with Crippen LogP contribution in [-0.2, 0) is 11.8 Å². The standard InChI is InChI=1S/C25H35N3O/c1-4-22-21-11-10-19(16-23(21)28(27-22)20-8-6-5-7-9-20)25(17-26)14-12-18(13-15-25)24(2,3)29/h10-11,16,18,20,29H,4-9,12-15H2,1-3H3. The molecule has 1 N–H and O–H groups in total. The van der Waals surface area contributed by atoms with E-state index in [9.17, 15) is 10.4 Å². The molecule has 4 heteroatoms. The van der Waals surface area contributed by atoms with Gasteiger partial charge >= 0.3 is 0 Å². The summed E-state index contributed by atoms with van der Waals surface area (Å²) in [5.74, 6) is 0.271.